The van der Waals surface area contributed by atoms with Crippen LogP contribution in [-0.2, 0) is 4.79 Å². The summed E-state index contributed by atoms with van der Waals surface area (Å²) in [5, 5.41) is 11.0. The molecule has 0 unspecified atom stereocenters. The van der Waals surface area contributed by atoms with Crippen molar-refractivity contribution in [3.8, 4) is 0 Å². The van der Waals surface area contributed by atoms with E-state index in [0.717, 1.165) is 27.7 Å². The molecule has 31 heavy (non-hydrogen) atoms. The first-order chi connectivity index (χ1) is 14.9. The molecule has 2 aromatic carbocycles. The minimum Gasteiger partial charge on any atom is -0.348 e. The Bertz CT molecular complexity index is 971. The molecule has 0 saturated heterocycles. The number of amides is 1. The van der Waals surface area contributed by atoms with E-state index in [2.05, 4.69) is 59.1 Å². The van der Waals surface area contributed by atoms with E-state index in [9.17, 15) is 4.79 Å². The molecule has 0 aromatic heterocycles. The third kappa shape index (κ3) is 5.20. The van der Waals surface area contributed by atoms with E-state index in [0.29, 0.717) is 15.8 Å². The molecule has 7 heteroatoms. The monoisotopic (exact) mass is 569 g/mol. The molecular formula is C24H26Cl2IN3O. The van der Waals surface area contributed by atoms with Crippen LogP contribution >= 0.6 is 45.8 Å². The zero-order valence-electron chi connectivity index (χ0n) is 17.5. The molecule has 2 aliphatic rings. The van der Waals surface area contributed by atoms with Crippen LogP contribution in [0.5, 0.6) is 0 Å². The largest absolute Gasteiger partial charge is 0.348 e. The molecule has 4 nitrogen and oxygen atoms in total. The van der Waals surface area contributed by atoms with Crippen molar-refractivity contribution in [2.45, 2.75) is 57.5 Å². The van der Waals surface area contributed by atoms with Gasteiger partial charge in [0.05, 0.1) is 16.8 Å². The predicted octanol–water partition coefficient (Wildman–Crippen LogP) is 6.99. The normalized spacial score (nSPS) is 22.2. The van der Waals surface area contributed by atoms with E-state index in [-0.39, 0.29) is 23.9 Å². The molecule has 0 bridgehead atoms. The lowest BCUT2D eigenvalue weighted by Gasteiger charge is -2.27. The molecule has 1 aliphatic carbocycles. The van der Waals surface area contributed by atoms with E-state index >= 15 is 0 Å². The molecular weight excluding hydrogens is 544 g/mol. The molecule has 0 spiro atoms. The summed E-state index contributed by atoms with van der Waals surface area (Å²) in [6.07, 6.45) is 6.93. The van der Waals surface area contributed by atoms with Gasteiger partial charge in [-0.3, -0.25) is 9.80 Å². The summed E-state index contributed by atoms with van der Waals surface area (Å²) in [6, 6.07) is 13.8. The topological polar surface area (TPSA) is 44.7 Å². The lowest BCUT2D eigenvalue weighted by atomic mass is 9.90. The lowest BCUT2D eigenvalue weighted by molar-refractivity contribution is -0.115. The first kappa shape index (κ1) is 22.9. The molecule has 1 heterocycles. The van der Waals surface area contributed by atoms with Gasteiger partial charge >= 0.3 is 0 Å². The predicted molar refractivity (Wildman–Crippen MR) is 137 cm³/mol. The van der Waals surface area contributed by atoms with Gasteiger partial charge in [0.15, 0.2) is 0 Å². The van der Waals surface area contributed by atoms with Crippen molar-refractivity contribution in [1.29, 1.82) is 0 Å². The van der Waals surface area contributed by atoms with Crippen molar-refractivity contribution in [3.05, 3.63) is 61.6 Å². The van der Waals surface area contributed by atoms with E-state index in [1.54, 1.807) is 12.1 Å². The third-order valence-corrected chi connectivity index (χ3v) is 7.43. The zero-order chi connectivity index (χ0) is 22.0. The van der Waals surface area contributed by atoms with Crippen molar-refractivity contribution in [3.63, 3.8) is 0 Å². The van der Waals surface area contributed by atoms with Gasteiger partial charge in [-0.2, -0.15) is 5.10 Å². The highest BCUT2D eigenvalue weighted by atomic mass is 127. The van der Waals surface area contributed by atoms with Crippen LogP contribution in [0.4, 0.5) is 5.69 Å². The van der Waals surface area contributed by atoms with Gasteiger partial charge in [0, 0.05) is 20.6 Å². The number of hydrogen-bond donors (Lipinski definition) is 1. The van der Waals surface area contributed by atoms with E-state index in [1.807, 2.05) is 11.1 Å². The van der Waals surface area contributed by atoms with Crippen LogP contribution in [0.2, 0.25) is 10.0 Å². The van der Waals surface area contributed by atoms with Crippen LogP contribution in [-0.4, -0.2) is 17.7 Å². The number of nitrogens with zero attached hydrogens (tertiary/aromatic N) is 2. The van der Waals surface area contributed by atoms with Crippen molar-refractivity contribution in [1.82, 2.24) is 5.32 Å². The summed E-state index contributed by atoms with van der Waals surface area (Å²) >= 11 is 15.0. The maximum absolute atomic E-state index is 13.3. The van der Waals surface area contributed by atoms with Crippen LogP contribution in [0.15, 0.2) is 47.6 Å². The second-order valence-corrected chi connectivity index (χ2v) is 10.5. The van der Waals surface area contributed by atoms with Crippen molar-refractivity contribution in [2.24, 2.45) is 11.0 Å². The Morgan fingerprint density at radius 2 is 1.74 bits per heavy atom. The van der Waals surface area contributed by atoms with Crippen LogP contribution in [0.3, 0.4) is 0 Å². The Morgan fingerprint density at radius 1 is 1.06 bits per heavy atom. The highest BCUT2D eigenvalue weighted by molar-refractivity contribution is 14.1. The maximum Gasteiger partial charge on any atom is 0.268 e. The number of rotatable bonds is 4. The minimum absolute atomic E-state index is 0.0671. The highest BCUT2D eigenvalue weighted by Crippen LogP contribution is 2.42. The van der Waals surface area contributed by atoms with Crippen LogP contribution in [0.25, 0.3) is 0 Å². The maximum atomic E-state index is 13.3. The van der Waals surface area contributed by atoms with E-state index < -0.39 is 0 Å². The van der Waals surface area contributed by atoms with E-state index in [4.69, 9.17) is 28.3 Å². The first-order valence-electron chi connectivity index (χ1n) is 10.8. The lowest BCUT2D eigenvalue weighted by Crippen LogP contribution is -2.40. The Hall–Kier alpha value is -1.31. The quantitative estimate of drug-likeness (QED) is 0.318. The Balaban J connectivity index is 1.66. The Labute approximate surface area is 207 Å². The standard InChI is InChI=1S/C24H26Cl2IN3O/c1-15-22(24(31)28-19-6-4-2-3-5-7-19)29-30(21-13-10-17(25)14-20(21)26)23(15)16-8-11-18(27)12-9-16/h8-15,19,23H,2-7H2,1H3,(H,28,31)/t15-,23+/m1/s1. The summed E-state index contributed by atoms with van der Waals surface area (Å²) in [5.74, 6) is -0.153. The number of hydrogen-bond acceptors (Lipinski definition) is 3. The number of carbonyl (C=O) groups excluding carboxylic acids is 1. The third-order valence-electron chi connectivity index (χ3n) is 6.17. The van der Waals surface area contributed by atoms with Gasteiger partial charge in [-0.25, -0.2) is 0 Å². The average molecular weight is 570 g/mol. The number of carbonyl (C=O) groups is 1. The molecule has 1 amide bonds. The van der Waals surface area contributed by atoms with Crippen LogP contribution in [0, 0.1) is 9.49 Å². The van der Waals surface area contributed by atoms with Crippen molar-refractivity contribution >= 4 is 63.1 Å². The smallest absolute Gasteiger partial charge is 0.268 e. The van der Waals surface area contributed by atoms with Crippen LogP contribution < -0.4 is 10.3 Å². The Kier molecular flexibility index (Phi) is 7.44. The molecule has 1 fully saturated rings. The zero-order valence-corrected chi connectivity index (χ0v) is 21.1. The summed E-state index contributed by atoms with van der Waals surface area (Å²) in [5.41, 5.74) is 2.40. The SMILES string of the molecule is C[C@@H]1C(C(=O)NC2CCCCCC2)=NN(c2ccc(Cl)cc2Cl)[C@@H]1c1ccc(I)cc1. The van der Waals surface area contributed by atoms with Gasteiger partial charge in [-0.15, -0.1) is 0 Å². The second-order valence-electron chi connectivity index (χ2n) is 8.37. The average Bonchev–Trinajstić information content (AvgIpc) is 2.89. The number of nitrogens with one attached hydrogen (secondary N) is 1. The fourth-order valence-corrected chi connectivity index (χ4v) is 5.38. The second kappa shape index (κ2) is 10.1. The molecule has 2 aromatic rings. The van der Waals surface area contributed by atoms with Crippen molar-refractivity contribution < 1.29 is 4.79 Å². The van der Waals surface area contributed by atoms with Gasteiger partial charge in [0.1, 0.15) is 5.71 Å². The summed E-state index contributed by atoms with van der Waals surface area (Å²) in [4.78, 5) is 13.3. The van der Waals surface area contributed by atoms with Gasteiger partial charge in [0.2, 0.25) is 0 Å². The van der Waals surface area contributed by atoms with Crippen LogP contribution in [0.1, 0.15) is 57.1 Å². The summed E-state index contributed by atoms with van der Waals surface area (Å²) in [7, 11) is 0. The molecule has 0 radical (unpaired) electrons. The van der Waals surface area contributed by atoms with E-state index in [1.165, 1.54) is 25.7 Å². The molecule has 1 saturated carbocycles. The Morgan fingerprint density at radius 3 is 2.39 bits per heavy atom. The van der Waals surface area contributed by atoms with Gasteiger partial charge in [-0.1, -0.05) is 67.9 Å². The molecule has 2 atom stereocenters. The van der Waals surface area contributed by atoms with Gasteiger partial charge in [0.25, 0.3) is 5.91 Å². The number of hydrazone groups is 1. The van der Waals surface area contributed by atoms with Gasteiger partial charge in [-0.05, 0) is 71.3 Å². The first-order valence-corrected chi connectivity index (χ1v) is 12.7. The number of benzene rings is 2. The fourth-order valence-electron chi connectivity index (χ4n) is 4.53. The minimum atomic E-state index is -0.120. The summed E-state index contributed by atoms with van der Waals surface area (Å²) in [6.45, 7) is 2.07. The molecule has 164 valence electrons. The summed E-state index contributed by atoms with van der Waals surface area (Å²) < 4.78 is 1.16. The number of anilines is 1. The van der Waals surface area contributed by atoms with Gasteiger partial charge < -0.3 is 5.32 Å². The van der Waals surface area contributed by atoms with Crippen molar-refractivity contribution in [2.75, 3.05) is 5.01 Å². The molecule has 1 aliphatic heterocycles. The number of halogens is 3. The fraction of sp³-hybridized carbons (Fsp3) is 0.417. The molecule has 1 N–H and O–H groups in total. The molecule has 4 rings (SSSR count). The highest BCUT2D eigenvalue weighted by Gasteiger charge is 2.40.